The Labute approximate surface area is 110 Å². The molecule has 1 aromatic rings. The standard InChI is InChI=1S/C12H17N3O4/c1-8(2)13-11(16)4-5-14-7-10(15(18)19)9(3)6-12(14)17/h6-8H,4-5H2,1-3H3,(H,13,16). The number of nitrogens with zero attached hydrogens (tertiary/aromatic N) is 2. The highest BCUT2D eigenvalue weighted by Gasteiger charge is 2.13. The Balaban J connectivity index is 2.84. The molecule has 1 heterocycles. The van der Waals surface area contributed by atoms with E-state index in [9.17, 15) is 19.7 Å². The second-order valence-corrected chi connectivity index (χ2v) is 4.60. The first-order valence-corrected chi connectivity index (χ1v) is 5.96. The zero-order valence-electron chi connectivity index (χ0n) is 11.2. The number of nitrogens with one attached hydrogen (secondary N) is 1. The summed E-state index contributed by atoms with van der Waals surface area (Å²) >= 11 is 0. The maximum absolute atomic E-state index is 11.7. The molecule has 1 rings (SSSR count). The Bertz CT molecular complexity index is 548. The van der Waals surface area contributed by atoms with Gasteiger partial charge < -0.3 is 9.88 Å². The molecule has 1 amide bonds. The first kappa shape index (κ1) is 14.9. The number of pyridine rings is 1. The lowest BCUT2D eigenvalue weighted by Crippen LogP contribution is -2.32. The molecule has 0 aromatic carbocycles. The van der Waals surface area contributed by atoms with Crippen molar-refractivity contribution in [2.24, 2.45) is 0 Å². The van der Waals surface area contributed by atoms with Gasteiger partial charge in [-0.25, -0.2) is 0 Å². The molecule has 0 fully saturated rings. The maximum atomic E-state index is 11.7. The molecule has 1 aromatic heterocycles. The molecule has 7 heteroatoms. The smallest absolute Gasteiger partial charge is 0.288 e. The van der Waals surface area contributed by atoms with Gasteiger partial charge in [-0.15, -0.1) is 0 Å². The van der Waals surface area contributed by atoms with Crippen LogP contribution in [0, 0.1) is 17.0 Å². The van der Waals surface area contributed by atoms with Crippen LogP contribution in [0.3, 0.4) is 0 Å². The Kier molecular flexibility index (Phi) is 4.80. The van der Waals surface area contributed by atoms with E-state index in [4.69, 9.17) is 0 Å². The Morgan fingerprint density at radius 2 is 2.16 bits per heavy atom. The van der Waals surface area contributed by atoms with Crippen molar-refractivity contribution in [1.29, 1.82) is 0 Å². The quantitative estimate of drug-likeness (QED) is 0.635. The van der Waals surface area contributed by atoms with E-state index in [1.54, 1.807) is 0 Å². The fourth-order valence-corrected chi connectivity index (χ4v) is 1.64. The number of carbonyl (C=O) groups is 1. The molecule has 0 aliphatic rings. The molecule has 0 atom stereocenters. The highest BCUT2D eigenvalue weighted by molar-refractivity contribution is 5.76. The molecule has 7 nitrogen and oxygen atoms in total. The van der Waals surface area contributed by atoms with E-state index in [1.807, 2.05) is 13.8 Å². The third-order valence-electron chi connectivity index (χ3n) is 2.53. The summed E-state index contributed by atoms with van der Waals surface area (Å²) in [5, 5.41) is 13.5. The van der Waals surface area contributed by atoms with Gasteiger partial charge in [0, 0.05) is 30.6 Å². The fraction of sp³-hybridized carbons (Fsp3) is 0.500. The highest BCUT2D eigenvalue weighted by Crippen LogP contribution is 2.14. The molecule has 1 N–H and O–H groups in total. The zero-order chi connectivity index (χ0) is 14.6. The van der Waals surface area contributed by atoms with E-state index in [-0.39, 0.29) is 36.2 Å². The Hall–Kier alpha value is -2.18. The number of aromatic nitrogens is 1. The summed E-state index contributed by atoms with van der Waals surface area (Å²) in [6, 6.07) is 1.23. The largest absolute Gasteiger partial charge is 0.354 e. The molecule has 0 radical (unpaired) electrons. The molecule has 0 bridgehead atoms. The van der Waals surface area contributed by atoms with Gasteiger partial charge in [0.2, 0.25) is 5.91 Å². The summed E-state index contributed by atoms with van der Waals surface area (Å²) in [6.07, 6.45) is 1.29. The van der Waals surface area contributed by atoms with Crippen molar-refractivity contribution in [3.8, 4) is 0 Å². The average molecular weight is 267 g/mol. The van der Waals surface area contributed by atoms with E-state index in [0.717, 1.165) is 0 Å². The molecule has 0 saturated carbocycles. The lowest BCUT2D eigenvalue weighted by Gasteiger charge is -2.09. The molecule has 19 heavy (non-hydrogen) atoms. The number of carbonyl (C=O) groups excluding carboxylic acids is 1. The van der Waals surface area contributed by atoms with Gasteiger partial charge in [0.25, 0.3) is 11.2 Å². The molecular formula is C12H17N3O4. The van der Waals surface area contributed by atoms with Crippen LogP contribution in [0.15, 0.2) is 17.1 Å². The molecule has 0 spiro atoms. The topological polar surface area (TPSA) is 94.2 Å². The van der Waals surface area contributed by atoms with Gasteiger partial charge in [-0.1, -0.05) is 0 Å². The van der Waals surface area contributed by atoms with Gasteiger partial charge in [-0.05, 0) is 20.8 Å². The van der Waals surface area contributed by atoms with E-state index in [1.165, 1.54) is 23.8 Å². The lowest BCUT2D eigenvalue weighted by molar-refractivity contribution is -0.385. The monoisotopic (exact) mass is 267 g/mol. The van der Waals surface area contributed by atoms with Gasteiger partial charge in [0.05, 0.1) is 11.1 Å². The normalized spacial score (nSPS) is 10.5. The summed E-state index contributed by atoms with van der Waals surface area (Å²) in [7, 11) is 0. The molecule has 0 aliphatic carbocycles. The van der Waals surface area contributed by atoms with Gasteiger partial charge in [0.15, 0.2) is 0 Å². The first-order valence-electron chi connectivity index (χ1n) is 5.96. The van der Waals surface area contributed by atoms with Gasteiger partial charge >= 0.3 is 0 Å². The number of aryl methyl sites for hydroxylation is 2. The van der Waals surface area contributed by atoms with Crippen molar-refractivity contribution >= 4 is 11.6 Å². The summed E-state index contributed by atoms with van der Waals surface area (Å²) in [4.78, 5) is 33.4. The van der Waals surface area contributed by atoms with Gasteiger partial charge in [-0.2, -0.15) is 0 Å². The molecule has 104 valence electrons. The second kappa shape index (κ2) is 6.12. The van der Waals surface area contributed by atoms with Crippen LogP contribution in [-0.2, 0) is 11.3 Å². The summed E-state index contributed by atoms with van der Waals surface area (Å²) in [6.45, 7) is 5.30. The van der Waals surface area contributed by atoms with Crippen LogP contribution in [0.2, 0.25) is 0 Å². The molecule has 0 unspecified atom stereocenters. The number of nitro groups is 1. The van der Waals surface area contributed by atoms with Gasteiger partial charge in [0.1, 0.15) is 0 Å². The predicted molar refractivity (Wildman–Crippen MR) is 70.0 cm³/mol. The lowest BCUT2D eigenvalue weighted by atomic mass is 10.2. The Morgan fingerprint density at radius 1 is 1.53 bits per heavy atom. The third kappa shape index (κ3) is 4.20. The first-order chi connectivity index (χ1) is 8.81. The van der Waals surface area contributed by atoms with Crippen molar-refractivity contribution in [2.75, 3.05) is 0 Å². The van der Waals surface area contributed by atoms with Crippen molar-refractivity contribution < 1.29 is 9.72 Å². The second-order valence-electron chi connectivity index (χ2n) is 4.60. The zero-order valence-corrected chi connectivity index (χ0v) is 11.2. The Morgan fingerprint density at radius 3 is 2.68 bits per heavy atom. The van der Waals surface area contributed by atoms with Crippen molar-refractivity contribution in [2.45, 2.75) is 39.8 Å². The minimum atomic E-state index is -0.542. The highest BCUT2D eigenvalue weighted by atomic mass is 16.6. The molecule has 0 aliphatic heterocycles. The molecule has 0 saturated heterocycles. The van der Waals surface area contributed by atoms with Crippen LogP contribution in [-0.4, -0.2) is 21.4 Å². The minimum absolute atomic E-state index is 0.0246. The van der Waals surface area contributed by atoms with E-state index < -0.39 is 4.92 Å². The number of hydrogen-bond donors (Lipinski definition) is 1. The number of hydrogen-bond acceptors (Lipinski definition) is 4. The van der Waals surface area contributed by atoms with Crippen LogP contribution >= 0.6 is 0 Å². The fourth-order valence-electron chi connectivity index (χ4n) is 1.64. The van der Waals surface area contributed by atoms with Crippen molar-refractivity contribution in [1.82, 2.24) is 9.88 Å². The SMILES string of the molecule is Cc1cc(=O)n(CCC(=O)NC(C)C)cc1[N+](=O)[O-]. The minimum Gasteiger partial charge on any atom is -0.354 e. The summed E-state index contributed by atoms with van der Waals surface area (Å²) < 4.78 is 1.19. The van der Waals surface area contributed by atoms with Gasteiger partial charge in [-0.3, -0.25) is 19.7 Å². The van der Waals surface area contributed by atoms with Crippen LogP contribution in [0.4, 0.5) is 5.69 Å². The van der Waals surface area contributed by atoms with E-state index in [0.29, 0.717) is 5.56 Å². The van der Waals surface area contributed by atoms with Crippen LogP contribution in [0.1, 0.15) is 25.8 Å². The average Bonchev–Trinajstić information content (AvgIpc) is 2.26. The van der Waals surface area contributed by atoms with E-state index in [2.05, 4.69) is 5.32 Å². The number of amides is 1. The van der Waals surface area contributed by atoms with Crippen LogP contribution < -0.4 is 10.9 Å². The third-order valence-corrected chi connectivity index (χ3v) is 2.53. The van der Waals surface area contributed by atoms with E-state index >= 15 is 0 Å². The summed E-state index contributed by atoms with van der Waals surface area (Å²) in [5.74, 6) is -0.190. The van der Waals surface area contributed by atoms with Crippen LogP contribution in [0.25, 0.3) is 0 Å². The van der Waals surface area contributed by atoms with Crippen molar-refractivity contribution in [3.63, 3.8) is 0 Å². The summed E-state index contributed by atoms with van der Waals surface area (Å²) in [5.41, 5.74) is -0.151. The van der Waals surface area contributed by atoms with Crippen molar-refractivity contribution in [3.05, 3.63) is 38.3 Å². The maximum Gasteiger partial charge on any atom is 0.288 e. The molecular weight excluding hydrogens is 250 g/mol. The predicted octanol–water partition coefficient (Wildman–Crippen LogP) is 0.980. The number of rotatable bonds is 5. The van der Waals surface area contributed by atoms with Crippen LogP contribution in [0.5, 0.6) is 0 Å².